The van der Waals surface area contributed by atoms with Crippen molar-refractivity contribution < 1.29 is 39.5 Å². The molecule has 0 bridgehead atoms. The Morgan fingerprint density at radius 2 is 1.64 bits per heavy atom. The summed E-state index contributed by atoms with van der Waals surface area (Å²) in [5.74, 6) is -2.52. The molecule has 0 aliphatic carbocycles. The second-order valence-corrected chi connectivity index (χ2v) is 12.4. The van der Waals surface area contributed by atoms with Gasteiger partial charge < -0.3 is 35.6 Å². The van der Waals surface area contributed by atoms with Crippen LogP contribution in [0.15, 0.2) is 48.6 Å². The number of esters is 1. The summed E-state index contributed by atoms with van der Waals surface area (Å²) >= 11 is 0. The Hall–Kier alpha value is -2.46. The summed E-state index contributed by atoms with van der Waals surface area (Å²) in [6.45, 7) is 18.5. The maximum atomic E-state index is 12.0. The molecule has 1 amide bonds. The lowest BCUT2D eigenvalue weighted by Crippen LogP contribution is -2.47. The minimum atomic E-state index is -0.894. The van der Waals surface area contributed by atoms with Gasteiger partial charge in [-0.3, -0.25) is 4.79 Å². The summed E-state index contributed by atoms with van der Waals surface area (Å²) in [5.41, 5.74) is 6.30. The highest BCUT2D eigenvalue weighted by molar-refractivity contribution is 5.73. The first-order valence-electron chi connectivity index (χ1n) is 15.0. The number of aliphatic hydroxyl groups excluding tert-OH is 4. The molecular formula is C33H55NO8. The summed E-state index contributed by atoms with van der Waals surface area (Å²) in [7, 11) is 0. The standard InChI is InChI=1S/C33H55NO8/c1-10-11-12-20(4)31(42-33(34)40)24(8)29(37)22(6)16-18(2)15-21(5)28(36)19(3)13-14-26(35)17-27-23(7)30(38)25(9)32(39)41-27/h10-15,19-31,35-38H,1,16-17H2,2-9H3,(H2,34,40)/b12-11-,14-13-,18-15-/t19-,20+,21+,22-,23+,24-,25-,26+,27+,28-,29-,30-,31+/m1/s1. The van der Waals surface area contributed by atoms with E-state index < -0.39 is 54.6 Å². The molecule has 6 N–H and O–H groups in total. The molecule has 0 saturated carbocycles. The fourth-order valence-electron chi connectivity index (χ4n) is 5.80. The van der Waals surface area contributed by atoms with Gasteiger partial charge in [0.1, 0.15) is 12.2 Å². The molecule has 0 aromatic heterocycles. The van der Waals surface area contributed by atoms with Crippen molar-refractivity contribution in [1.82, 2.24) is 0 Å². The number of amides is 1. The van der Waals surface area contributed by atoms with Crippen LogP contribution in [0.4, 0.5) is 4.79 Å². The van der Waals surface area contributed by atoms with Crippen LogP contribution >= 0.6 is 0 Å². The van der Waals surface area contributed by atoms with Crippen LogP contribution in [0.5, 0.6) is 0 Å². The summed E-state index contributed by atoms with van der Waals surface area (Å²) in [4.78, 5) is 23.5. The van der Waals surface area contributed by atoms with Crippen molar-refractivity contribution in [3.63, 3.8) is 0 Å². The molecule has 9 nitrogen and oxygen atoms in total. The topological polar surface area (TPSA) is 160 Å². The molecule has 0 radical (unpaired) electrons. The van der Waals surface area contributed by atoms with E-state index in [0.29, 0.717) is 6.42 Å². The zero-order valence-corrected chi connectivity index (χ0v) is 26.6. The molecule has 1 aliphatic heterocycles. The zero-order valence-electron chi connectivity index (χ0n) is 26.6. The van der Waals surface area contributed by atoms with E-state index in [-0.39, 0.29) is 41.9 Å². The van der Waals surface area contributed by atoms with Crippen molar-refractivity contribution in [2.24, 2.45) is 47.2 Å². The third-order valence-electron chi connectivity index (χ3n) is 8.62. The molecule has 0 unspecified atom stereocenters. The number of hydrogen-bond donors (Lipinski definition) is 5. The predicted molar refractivity (Wildman–Crippen MR) is 164 cm³/mol. The number of carbonyl (C=O) groups is 2. The van der Waals surface area contributed by atoms with Gasteiger partial charge >= 0.3 is 12.1 Å². The van der Waals surface area contributed by atoms with Gasteiger partial charge in [0.05, 0.1) is 30.3 Å². The molecule has 1 aliphatic rings. The van der Waals surface area contributed by atoms with Crippen LogP contribution in [0, 0.1) is 41.4 Å². The largest absolute Gasteiger partial charge is 0.462 e. The first-order valence-corrected chi connectivity index (χ1v) is 15.0. The van der Waals surface area contributed by atoms with Crippen molar-refractivity contribution in [2.45, 2.75) is 105 Å². The minimum Gasteiger partial charge on any atom is -0.462 e. The Morgan fingerprint density at radius 3 is 2.21 bits per heavy atom. The molecular weight excluding hydrogens is 538 g/mol. The number of cyclic esters (lactones) is 1. The smallest absolute Gasteiger partial charge is 0.404 e. The number of allylic oxidation sites excluding steroid dienone is 3. The quantitative estimate of drug-likeness (QED) is 0.101. The van der Waals surface area contributed by atoms with Crippen molar-refractivity contribution in [1.29, 1.82) is 0 Å². The van der Waals surface area contributed by atoms with Gasteiger partial charge in [0, 0.05) is 36.0 Å². The monoisotopic (exact) mass is 593 g/mol. The molecule has 42 heavy (non-hydrogen) atoms. The van der Waals surface area contributed by atoms with Crippen LogP contribution in [0.25, 0.3) is 0 Å². The fraction of sp³-hybridized carbons (Fsp3) is 0.697. The summed E-state index contributed by atoms with van der Waals surface area (Å²) in [5, 5.41) is 42.8. The third-order valence-corrected chi connectivity index (χ3v) is 8.62. The fourth-order valence-corrected chi connectivity index (χ4v) is 5.80. The molecule has 0 spiro atoms. The number of rotatable bonds is 16. The molecule has 13 atom stereocenters. The minimum absolute atomic E-state index is 0.152. The van der Waals surface area contributed by atoms with Crippen LogP contribution in [-0.4, -0.2) is 69.1 Å². The van der Waals surface area contributed by atoms with E-state index in [0.717, 1.165) is 5.57 Å². The predicted octanol–water partition coefficient (Wildman–Crippen LogP) is 4.30. The highest BCUT2D eigenvalue weighted by atomic mass is 16.6. The van der Waals surface area contributed by atoms with E-state index in [1.165, 1.54) is 0 Å². The van der Waals surface area contributed by atoms with Gasteiger partial charge in [0.15, 0.2) is 0 Å². The second-order valence-electron chi connectivity index (χ2n) is 12.4. The molecule has 1 saturated heterocycles. The highest BCUT2D eigenvalue weighted by Crippen LogP contribution is 2.30. The van der Waals surface area contributed by atoms with E-state index in [1.54, 1.807) is 38.2 Å². The normalized spacial score (nSPS) is 28.3. The molecule has 240 valence electrons. The molecule has 0 aromatic rings. The number of aliphatic hydroxyl groups is 4. The molecule has 9 heteroatoms. The lowest BCUT2D eigenvalue weighted by molar-refractivity contribution is -0.179. The van der Waals surface area contributed by atoms with Gasteiger partial charge in [0.2, 0.25) is 0 Å². The van der Waals surface area contributed by atoms with Crippen LogP contribution in [0.3, 0.4) is 0 Å². The van der Waals surface area contributed by atoms with Gasteiger partial charge in [-0.25, -0.2) is 4.79 Å². The first-order chi connectivity index (χ1) is 19.5. The molecule has 1 rings (SSSR count). The van der Waals surface area contributed by atoms with E-state index >= 15 is 0 Å². The average molecular weight is 594 g/mol. The van der Waals surface area contributed by atoms with Gasteiger partial charge in [-0.2, -0.15) is 0 Å². The van der Waals surface area contributed by atoms with Gasteiger partial charge in [-0.05, 0) is 26.2 Å². The SMILES string of the molecule is C=C/C=C\[C@H](C)[C@H](OC(N)=O)[C@H](C)[C@H](O)[C@H](C)C/C(C)=C\[C@H](C)[C@H](O)[C@H](C)/C=C\[C@H](O)C[C@@H]1OC(=O)[C@H](C)[C@H](O)[C@H]1C. The first kappa shape index (κ1) is 37.6. The second kappa shape index (κ2) is 17.6. The van der Waals surface area contributed by atoms with Crippen LogP contribution in [-0.2, 0) is 14.3 Å². The Labute approximate surface area is 252 Å². The Bertz CT molecular complexity index is 962. The molecule has 1 fully saturated rings. The maximum absolute atomic E-state index is 12.0. The van der Waals surface area contributed by atoms with Crippen molar-refractivity contribution in [3.05, 3.63) is 48.6 Å². The van der Waals surface area contributed by atoms with Crippen molar-refractivity contribution in [3.8, 4) is 0 Å². The number of hydrogen-bond acceptors (Lipinski definition) is 8. The highest BCUT2D eigenvalue weighted by Gasteiger charge is 2.41. The van der Waals surface area contributed by atoms with E-state index in [4.69, 9.17) is 15.2 Å². The average Bonchev–Trinajstić information content (AvgIpc) is 2.93. The third kappa shape index (κ3) is 11.3. The van der Waals surface area contributed by atoms with E-state index in [9.17, 15) is 30.0 Å². The summed E-state index contributed by atoms with van der Waals surface area (Å²) < 4.78 is 10.8. The zero-order chi connectivity index (χ0) is 32.3. The summed E-state index contributed by atoms with van der Waals surface area (Å²) in [6, 6.07) is 0. The number of primary amides is 1. The molecule has 1 heterocycles. The Kier molecular flexibility index (Phi) is 15.7. The van der Waals surface area contributed by atoms with E-state index in [2.05, 4.69) is 6.58 Å². The Balaban J connectivity index is 2.76. The van der Waals surface area contributed by atoms with Gasteiger partial charge in [0.25, 0.3) is 0 Å². The van der Waals surface area contributed by atoms with Crippen molar-refractivity contribution in [2.75, 3.05) is 0 Å². The van der Waals surface area contributed by atoms with E-state index in [1.807, 2.05) is 53.7 Å². The van der Waals surface area contributed by atoms with Gasteiger partial charge in [-0.15, -0.1) is 0 Å². The van der Waals surface area contributed by atoms with Crippen LogP contribution in [0.1, 0.15) is 68.2 Å². The van der Waals surface area contributed by atoms with Gasteiger partial charge in [-0.1, -0.05) is 90.2 Å². The Morgan fingerprint density at radius 1 is 1.02 bits per heavy atom. The lowest BCUT2D eigenvalue weighted by atomic mass is 9.81. The van der Waals surface area contributed by atoms with Crippen LogP contribution < -0.4 is 5.73 Å². The van der Waals surface area contributed by atoms with Crippen LogP contribution in [0.2, 0.25) is 0 Å². The lowest BCUT2D eigenvalue weighted by Gasteiger charge is -2.36. The number of nitrogens with two attached hydrogens (primary N) is 1. The number of carbonyl (C=O) groups excluding carboxylic acids is 2. The van der Waals surface area contributed by atoms with Crippen molar-refractivity contribution >= 4 is 12.1 Å². The summed E-state index contributed by atoms with van der Waals surface area (Å²) in [6.07, 6.45) is 6.04. The number of ether oxygens (including phenoxy) is 2. The molecule has 0 aromatic carbocycles. The maximum Gasteiger partial charge on any atom is 0.404 e.